The molecule has 0 aliphatic rings. The summed E-state index contributed by atoms with van der Waals surface area (Å²) in [5.74, 6) is -0.0699. The van der Waals surface area contributed by atoms with E-state index in [-0.39, 0.29) is 12.5 Å². The monoisotopic (exact) mass is 434 g/mol. The molecule has 168 valence electrons. The third-order valence-corrected chi connectivity index (χ3v) is 5.53. The molecule has 1 aromatic heterocycles. The second-order valence-electron chi connectivity index (χ2n) is 8.01. The lowest BCUT2D eigenvalue weighted by molar-refractivity contribution is -0.137. The van der Waals surface area contributed by atoms with Crippen molar-refractivity contribution in [3.63, 3.8) is 0 Å². The molecule has 0 radical (unpaired) electrons. The highest BCUT2D eigenvalue weighted by Crippen LogP contribution is 2.39. The van der Waals surface area contributed by atoms with Crippen LogP contribution in [0.25, 0.3) is 22.5 Å². The Kier molecular flexibility index (Phi) is 7.87. The van der Waals surface area contributed by atoms with Gasteiger partial charge in [-0.05, 0) is 50.7 Å². The second kappa shape index (κ2) is 10.8. The van der Waals surface area contributed by atoms with Crippen LogP contribution < -0.4 is 0 Å². The van der Waals surface area contributed by atoms with E-state index < -0.39 is 11.9 Å². The molecule has 0 saturated carbocycles. The van der Waals surface area contributed by atoms with Gasteiger partial charge in [0, 0.05) is 17.5 Å². The Morgan fingerprint density at radius 1 is 1.00 bits per heavy atom. The number of unbranched alkanes of at least 4 members (excludes halogenated alkanes) is 1. The number of aryl methyl sites for hydroxylation is 2. The van der Waals surface area contributed by atoms with Crippen molar-refractivity contribution in [1.29, 1.82) is 0 Å². The average molecular weight is 435 g/mol. The molecule has 2 aromatic carbocycles. The SMILES string of the molecule is CCc1ccc(-c2c(-c3ccccc3)oc(C)c2C(=O)OC(C)CCCCC(=O)O)cc1. The summed E-state index contributed by atoms with van der Waals surface area (Å²) in [6.45, 7) is 5.72. The van der Waals surface area contributed by atoms with Crippen molar-refractivity contribution < 1.29 is 23.8 Å². The van der Waals surface area contributed by atoms with Gasteiger partial charge < -0.3 is 14.3 Å². The fourth-order valence-corrected chi connectivity index (χ4v) is 3.77. The third-order valence-electron chi connectivity index (χ3n) is 5.53. The number of aliphatic carboxylic acids is 1. The minimum Gasteiger partial charge on any atom is -0.481 e. The second-order valence-corrected chi connectivity index (χ2v) is 8.01. The first-order chi connectivity index (χ1) is 15.4. The van der Waals surface area contributed by atoms with E-state index in [0.717, 1.165) is 23.1 Å². The van der Waals surface area contributed by atoms with Crippen molar-refractivity contribution in [3.8, 4) is 22.5 Å². The van der Waals surface area contributed by atoms with Crippen LogP contribution in [0, 0.1) is 6.92 Å². The van der Waals surface area contributed by atoms with Crippen molar-refractivity contribution in [1.82, 2.24) is 0 Å². The van der Waals surface area contributed by atoms with Crippen molar-refractivity contribution in [2.24, 2.45) is 0 Å². The van der Waals surface area contributed by atoms with Crippen LogP contribution in [-0.2, 0) is 16.0 Å². The summed E-state index contributed by atoms with van der Waals surface area (Å²) in [7, 11) is 0. The molecule has 5 heteroatoms. The maximum absolute atomic E-state index is 13.2. The number of ether oxygens (including phenoxy) is 1. The summed E-state index contributed by atoms with van der Waals surface area (Å²) in [6, 6.07) is 17.9. The molecule has 3 aromatic rings. The van der Waals surface area contributed by atoms with Crippen LogP contribution in [0.1, 0.15) is 61.2 Å². The number of esters is 1. The van der Waals surface area contributed by atoms with Crippen LogP contribution in [0.15, 0.2) is 59.0 Å². The number of carboxylic acid groups (broad SMARTS) is 1. The van der Waals surface area contributed by atoms with Gasteiger partial charge in [-0.25, -0.2) is 4.79 Å². The van der Waals surface area contributed by atoms with E-state index >= 15 is 0 Å². The van der Waals surface area contributed by atoms with Gasteiger partial charge in [0.05, 0.1) is 6.10 Å². The van der Waals surface area contributed by atoms with Crippen molar-refractivity contribution in [2.75, 3.05) is 0 Å². The summed E-state index contributed by atoms with van der Waals surface area (Å²) < 4.78 is 11.8. The van der Waals surface area contributed by atoms with E-state index in [1.165, 1.54) is 5.56 Å². The van der Waals surface area contributed by atoms with Gasteiger partial charge in [0.1, 0.15) is 17.1 Å². The Morgan fingerprint density at radius 3 is 2.31 bits per heavy atom. The van der Waals surface area contributed by atoms with E-state index in [1.807, 2.05) is 49.4 Å². The first-order valence-corrected chi connectivity index (χ1v) is 11.1. The first-order valence-electron chi connectivity index (χ1n) is 11.1. The van der Waals surface area contributed by atoms with Crippen LogP contribution in [-0.4, -0.2) is 23.1 Å². The zero-order valence-electron chi connectivity index (χ0n) is 18.9. The van der Waals surface area contributed by atoms with Gasteiger partial charge in [0.25, 0.3) is 0 Å². The molecule has 0 amide bonds. The van der Waals surface area contributed by atoms with Gasteiger partial charge in [-0.15, -0.1) is 0 Å². The van der Waals surface area contributed by atoms with Crippen molar-refractivity contribution >= 4 is 11.9 Å². The lowest BCUT2D eigenvalue weighted by atomic mass is 9.96. The maximum Gasteiger partial charge on any atom is 0.342 e. The van der Waals surface area contributed by atoms with Gasteiger partial charge in [0.2, 0.25) is 0 Å². The largest absolute Gasteiger partial charge is 0.481 e. The number of hydrogen-bond acceptors (Lipinski definition) is 4. The van der Waals surface area contributed by atoms with E-state index in [0.29, 0.717) is 36.3 Å². The summed E-state index contributed by atoms with van der Waals surface area (Å²) in [5, 5.41) is 8.78. The number of rotatable bonds is 10. The molecule has 0 saturated heterocycles. The number of furan rings is 1. The highest BCUT2D eigenvalue weighted by Gasteiger charge is 2.27. The summed E-state index contributed by atoms with van der Waals surface area (Å²) >= 11 is 0. The zero-order chi connectivity index (χ0) is 23.1. The standard InChI is InChI=1S/C27H30O5/c1-4-20-14-16-21(17-15-20)25-24(19(3)32-26(25)22-11-6-5-7-12-22)27(30)31-18(2)10-8-9-13-23(28)29/h5-7,11-12,14-18H,4,8-10,13H2,1-3H3,(H,28,29). The van der Waals surface area contributed by atoms with Crippen molar-refractivity contribution in [2.45, 2.75) is 59.0 Å². The van der Waals surface area contributed by atoms with Crippen LogP contribution in [0.3, 0.4) is 0 Å². The fourth-order valence-electron chi connectivity index (χ4n) is 3.77. The average Bonchev–Trinajstić information content (AvgIpc) is 3.14. The normalized spacial score (nSPS) is 11.8. The number of benzene rings is 2. The summed E-state index contributed by atoms with van der Waals surface area (Å²) in [4.78, 5) is 23.9. The van der Waals surface area contributed by atoms with Crippen LogP contribution >= 0.6 is 0 Å². The van der Waals surface area contributed by atoms with Gasteiger partial charge >= 0.3 is 11.9 Å². The Balaban J connectivity index is 1.91. The van der Waals surface area contributed by atoms with E-state index in [2.05, 4.69) is 19.1 Å². The molecule has 1 atom stereocenters. The predicted octanol–water partition coefficient (Wildman–Crippen LogP) is 6.67. The molecule has 0 bridgehead atoms. The van der Waals surface area contributed by atoms with Gasteiger partial charge in [-0.3, -0.25) is 4.79 Å². The molecule has 0 aliphatic heterocycles. The topological polar surface area (TPSA) is 76.7 Å². The highest BCUT2D eigenvalue weighted by molar-refractivity contribution is 6.02. The van der Waals surface area contributed by atoms with E-state index in [9.17, 15) is 9.59 Å². The molecule has 0 fully saturated rings. The molecule has 1 N–H and O–H groups in total. The zero-order valence-corrected chi connectivity index (χ0v) is 18.9. The maximum atomic E-state index is 13.2. The molecule has 0 aliphatic carbocycles. The van der Waals surface area contributed by atoms with E-state index in [4.69, 9.17) is 14.3 Å². The molecule has 1 heterocycles. The number of carbonyl (C=O) groups is 2. The Hall–Kier alpha value is -3.34. The Morgan fingerprint density at radius 2 is 1.69 bits per heavy atom. The van der Waals surface area contributed by atoms with Gasteiger partial charge in [0.15, 0.2) is 0 Å². The summed E-state index contributed by atoms with van der Waals surface area (Å²) in [5.41, 5.74) is 4.18. The first kappa shape index (κ1) is 23.3. The van der Waals surface area contributed by atoms with Crippen LogP contribution in [0.5, 0.6) is 0 Å². The van der Waals surface area contributed by atoms with Crippen molar-refractivity contribution in [3.05, 3.63) is 71.5 Å². The minimum absolute atomic E-state index is 0.125. The quantitative estimate of drug-likeness (QED) is 0.285. The molecule has 5 nitrogen and oxygen atoms in total. The third kappa shape index (κ3) is 5.67. The van der Waals surface area contributed by atoms with Gasteiger partial charge in [-0.1, -0.05) is 61.5 Å². The highest BCUT2D eigenvalue weighted by atomic mass is 16.5. The molecule has 1 unspecified atom stereocenters. The lowest BCUT2D eigenvalue weighted by Crippen LogP contribution is -2.16. The van der Waals surface area contributed by atoms with Crippen LogP contribution in [0.2, 0.25) is 0 Å². The number of hydrogen-bond donors (Lipinski definition) is 1. The number of carboxylic acids is 1. The molecular formula is C27H30O5. The smallest absolute Gasteiger partial charge is 0.342 e. The molecule has 32 heavy (non-hydrogen) atoms. The lowest BCUT2D eigenvalue weighted by Gasteiger charge is -2.14. The van der Waals surface area contributed by atoms with Crippen LogP contribution in [0.4, 0.5) is 0 Å². The fraction of sp³-hybridized carbons (Fsp3) is 0.333. The predicted molar refractivity (Wildman–Crippen MR) is 125 cm³/mol. The van der Waals surface area contributed by atoms with E-state index in [1.54, 1.807) is 6.92 Å². The summed E-state index contributed by atoms with van der Waals surface area (Å²) in [6.07, 6.45) is 2.61. The minimum atomic E-state index is -0.809. The molecular weight excluding hydrogens is 404 g/mol. The van der Waals surface area contributed by atoms with Gasteiger partial charge in [-0.2, -0.15) is 0 Å². The molecule has 3 rings (SSSR count). The number of carbonyl (C=O) groups excluding carboxylic acids is 1. The Bertz CT molecular complexity index is 1050. The Labute approximate surface area is 189 Å². The molecule has 0 spiro atoms.